The van der Waals surface area contributed by atoms with E-state index in [1.807, 2.05) is 0 Å². The minimum Gasteiger partial charge on any atom is -0.479 e. The maximum Gasteiger partial charge on any atom is 0.344 e. The molecule has 3 rings (SSSR count). The van der Waals surface area contributed by atoms with Crippen molar-refractivity contribution in [3.63, 3.8) is 0 Å². The van der Waals surface area contributed by atoms with E-state index in [1.54, 1.807) is 6.92 Å². The number of aliphatic carboxylic acids is 1. The highest BCUT2D eigenvalue weighted by Crippen LogP contribution is 2.26. The quantitative estimate of drug-likeness (QED) is 0.270. The first-order valence-electron chi connectivity index (χ1n) is 11.8. The van der Waals surface area contributed by atoms with Gasteiger partial charge in [-0.1, -0.05) is 13.0 Å². The van der Waals surface area contributed by atoms with E-state index in [4.69, 9.17) is 15.6 Å². The van der Waals surface area contributed by atoms with Crippen LogP contribution in [0, 0.1) is 23.3 Å². The fourth-order valence-corrected chi connectivity index (χ4v) is 5.01. The number of ether oxygens (including phenoxy) is 1. The third kappa shape index (κ3) is 8.48. The van der Waals surface area contributed by atoms with Crippen LogP contribution in [0.25, 0.3) is 0 Å². The van der Waals surface area contributed by atoms with Crippen molar-refractivity contribution in [2.24, 2.45) is 5.73 Å². The van der Waals surface area contributed by atoms with Crippen LogP contribution in [0.15, 0.2) is 30.3 Å². The molecule has 8 nitrogen and oxygen atoms in total. The number of benzene rings is 2. The standard InChI is InChI=1S/C25H27F4N3O5S.ClH/c1-2-21(25(35)36)37-16-4-3-13(17(26)10-16)12-31-23(34)24-32(5-6-38-24)22(33)9-15(30)7-14-8-19(28)20(29)11-18(14)27;/h3-4,8,10-11,15,21,24H,2,5-7,9,12,30H2,1H3,(H,31,34)(H,35,36);1H/t15-,21?,24?;/m1./s1. The van der Waals surface area contributed by atoms with Gasteiger partial charge in [-0.2, -0.15) is 0 Å². The molecule has 2 aromatic carbocycles. The lowest BCUT2D eigenvalue weighted by atomic mass is 10.0. The number of thioether (sulfide) groups is 1. The van der Waals surface area contributed by atoms with Crippen molar-refractivity contribution in [1.29, 1.82) is 0 Å². The number of carboxylic acid groups (broad SMARTS) is 1. The maximum absolute atomic E-state index is 14.5. The predicted molar refractivity (Wildman–Crippen MR) is 138 cm³/mol. The molecule has 4 N–H and O–H groups in total. The topological polar surface area (TPSA) is 122 Å². The number of carboxylic acids is 1. The molecule has 3 atom stereocenters. The van der Waals surface area contributed by atoms with Gasteiger partial charge in [0.2, 0.25) is 5.91 Å². The molecule has 0 bridgehead atoms. The number of amides is 2. The molecule has 14 heteroatoms. The molecular formula is C25H28ClF4N3O5S. The van der Waals surface area contributed by atoms with Gasteiger partial charge in [0.25, 0.3) is 5.91 Å². The molecule has 1 aliphatic heterocycles. The van der Waals surface area contributed by atoms with Crippen molar-refractivity contribution in [3.05, 3.63) is 64.7 Å². The lowest BCUT2D eigenvalue weighted by Gasteiger charge is -2.24. The van der Waals surface area contributed by atoms with E-state index in [-0.39, 0.29) is 61.6 Å². The van der Waals surface area contributed by atoms with E-state index >= 15 is 0 Å². The summed E-state index contributed by atoms with van der Waals surface area (Å²) in [7, 11) is 0. The van der Waals surface area contributed by atoms with Crippen LogP contribution < -0.4 is 15.8 Å². The number of carbonyl (C=O) groups excluding carboxylic acids is 2. The second kappa shape index (κ2) is 14.4. The average Bonchev–Trinajstić information content (AvgIpc) is 3.35. The van der Waals surface area contributed by atoms with Gasteiger partial charge in [0.05, 0.1) is 0 Å². The Hall–Kier alpha value is -3.03. The van der Waals surface area contributed by atoms with E-state index in [0.717, 1.165) is 6.07 Å². The molecule has 1 fully saturated rings. The third-order valence-corrected chi connectivity index (χ3v) is 7.05. The van der Waals surface area contributed by atoms with Gasteiger partial charge in [-0.05, 0) is 30.5 Å². The molecule has 0 aliphatic carbocycles. The van der Waals surface area contributed by atoms with Crippen molar-refractivity contribution in [3.8, 4) is 5.75 Å². The Morgan fingerprint density at radius 1 is 1.10 bits per heavy atom. The molecule has 0 aromatic heterocycles. The summed E-state index contributed by atoms with van der Waals surface area (Å²) < 4.78 is 60.2. The number of rotatable bonds is 11. The van der Waals surface area contributed by atoms with Gasteiger partial charge in [0, 0.05) is 49.0 Å². The van der Waals surface area contributed by atoms with Crippen LogP contribution >= 0.6 is 24.2 Å². The molecule has 0 spiro atoms. The molecule has 0 saturated carbocycles. The zero-order chi connectivity index (χ0) is 28.0. The van der Waals surface area contributed by atoms with E-state index in [1.165, 1.54) is 28.8 Å². The first-order valence-corrected chi connectivity index (χ1v) is 12.8. The van der Waals surface area contributed by atoms with Crippen LogP contribution in [0.2, 0.25) is 0 Å². The summed E-state index contributed by atoms with van der Waals surface area (Å²) in [6, 6.07) is 4.00. The van der Waals surface area contributed by atoms with Crippen LogP contribution in [0.3, 0.4) is 0 Å². The maximum atomic E-state index is 14.5. The summed E-state index contributed by atoms with van der Waals surface area (Å²) in [5, 5.41) is 10.8. The Morgan fingerprint density at radius 2 is 1.77 bits per heavy atom. The smallest absolute Gasteiger partial charge is 0.344 e. The predicted octanol–water partition coefficient (Wildman–Crippen LogP) is 3.38. The zero-order valence-corrected chi connectivity index (χ0v) is 22.4. The summed E-state index contributed by atoms with van der Waals surface area (Å²) in [5.41, 5.74) is 5.91. The number of nitrogens with zero attached hydrogens (tertiary/aromatic N) is 1. The fraction of sp³-hybridized carbons (Fsp3) is 0.400. The Kier molecular flexibility index (Phi) is 11.9. The molecule has 0 radical (unpaired) electrons. The molecule has 2 amide bonds. The number of nitrogens with two attached hydrogens (primary N) is 1. The number of hydrogen-bond acceptors (Lipinski definition) is 6. The largest absolute Gasteiger partial charge is 0.479 e. The summed E-state index contributed by atoms with van der Waals surface area (Å²) >= 11 is 1.21. The molecule has 2 aromatic rings. The van der Waals surface area contributed by atoms with E-state index in [2.05, 4.69) is 5.32 Å². The lowest BCUT2D eigenvalue weighted by molar-refractivity contribution is -0.145. The van der Waals surface area contributed by atoms with Crippen LogP contribution in [0.1, 0.15) is 30.9 Å². The Labute approximate surface area is 232 Å². The minimum absolute atomic E-state index is 0. The fourth-order valence-electron chi connectivity index (χ4n) is 3.85. The van der Waals surface area contributed by atoms with E-state index < -0.39 is 58.6 Å². The Bertz CT molecular complexity index is 1210. The van der Waals surface area contributed by atoms with Gasteiger partial charge in [-0.3, -0.25) is 9.59 Å². The first-order chi connectivity index (χ1) is 18.0. The molecule has 214 valence electrons. The highest BCUT2D eigenvalue weighted by Gasteiger charge is 2.35. The first kappa shape index (κ1) is 32.2. The second-order valence-corrected chi connectivity index (χ2v) is 9.85. The average molecular weight is 594 g/mol. The van der Waals surface area contributed by atoms with Gasteiger partial charge < -0.3 is 25.8 Å². The number of hydrogen-bond donors (Lipinski definition) is 3. The third-order valence-electron chi connectivity index (χ3n) is 5.85. The SMILES string of the molecule is CCC(Oc1ccc(CNC(=O)C2SCCN2C(=O)C[C@H](N)Cc2cc(F)c(F)cc2F)c(F)c1)C(=O)O.Cl. The van der Waals surface area contributed by atoms with Gasteiger partial charge in [0.15, 0.2) is 23.1 Å². The van der Waals surface area contributed by atoms with E-state index in [9.17, 15) is 31.9 Å². The highest BCUT2D eigenvalue weighted by molar-refractivity contribution is 8.00. The minimum atomic E-state index is -1.33. The van der Waals surface area contributed by atoms with E-state index in [0.29, 0.717) is 17.9 Å². The zero-order valence-electron chi connectivity index (χ0n) is 20.8. The highest BCUT2D eigenvalue weighted by atomic mass is 35.5. The number of halogens is 5. The van der Waals surface area contributed by atoms with Gasteiger partial charge in [0.1, 0.15) is 17.4 Å². The molecule has 2 unspecified atom stereocenters. The normalized spacial score (nSPS) is 16.3. The van der Waals surface area contributed by atoms with Crippen molar-refractivity contribution in [2.75, 3.05) is 12.3 Å². The van der Waals surface area contributed by atoms with Gasteiger partial charge in [-0.15, -0.1) is 24.2 Å². The van der Waals surface area contributed by atoms with Crippen LogP contribution in [-0.2, 0) is 27.3 Å². The molecule has 1 heterocycles. The van der Waals surface area contributed by atoms with Gasteiger partial charge >= 0.3 is 5.97 Å². The van der Waals surface area contributed by atoms with Crippen molar-refractivity contribution in [1.82, 2.24) is 10.2 Å². The molecule has 1 saturated heterocycles. The number of nitrogens with one attached hydrogen (secondary N) is 1. The summed E-state index contributed by atoms with van der Waals surface area (Å²) in [6.45, 7) is 1.69. The Morgan fingerprint density at radius 3 is 2.41 bits per heavy atom. The number of carbonyl (C=O) groups is 3. The van der Waals surface area contributed by atoms with Crippen LogP contribution in [0.4, 0.5) is 17.6 Å². The molecule has 39 heavy (non-hydrogen) atoms. The monoisotopic (exact) mass is 593 g/mol. The lowest BCUT2D eigenvalue weighted by Crippen LogP contribution is -2.46. The van der Waals surface area contributed by atoms with Gasteiger partial charge in [-0.25, -0.2) is 22.4 Å². The summed E-state index contributed by atoms with van der Waals surface area (Å²) in [5.74, 6) is -5.89. The van der Waals surface area contributed by atoms with Crippen molar-refractivity contribution < 1.29 is 41.8 Å². The van der Waals surface area contributed by atoms with Crippen LogP contribution in [0.5, 0.6) is 5.75 Å². The summed E-state index contributed by atoms with van der Waals surface area (Å²) in [4.78, 5) is 38.0. The second-order valence-electron chi connectivity index (χ2n) is 8.66. The van der Waals surface area contributed by atoms with Crippen molar-refractivity contribution in [2.45, 2.75) is 50.3 Å². The molecular weight excluding hydrogens is 566 g/mol. The summed E-state index contributed by atoms with van der Waals surface area (Å²) in [6.07, 6.45) is -1.40. The van der Waals surface area contributed by atoms with Crippen LogP contribution in [-0.4, -0.2) is 57.6 Å². The Balaban J connectivity index is 0.00000533. The molecule has 1 aliphatic rings. The van der Waals surface area contributed by atoms with Crippen molar-refractivity contribution >= 4 is 42.0 Å².